The molecule has 0 bridgehead atoms. The molecule has 0 saturated carbocycles. The van der Waals surface area contributed by atoms with Crippen LogP contribution in [0.2, 0.25) is 0 Å². The number of carboxylic acid groups (broad SMARTS) is 1. The van der Waals surface area contributed by atoms with E-state index in [4.69, 9.17) is 14.6 Å². The van der Waals surface area contributed by atoms with Crippen molar-refractivity contribution in [2.24, 2.45) is 0 Å². The summed E-state index contributed by atoms with van der Waals surface area (Å²) < 4.78 is 25.1. The largest absolute Gasteiger partial charge is 0.465 e. The third kappa shape index (κ3) is 4.06. The smallest absolute Gasteiger partial charge is 0.409 e. The van der Waals surface area contributed by atoms with Crippen LogP contribution < -0.4 is 5.32 Å². The highest BCUT2D eigenvalue weighted by atomic mass is 19.1. The Morgan fingerprint density at radius 3 is 2.39 bits per heavy atom. The maximum atomic E-state index is 14.9. The second-order valence-electron chi connectivity index (χ2n) is 4.89. The quantitative estimate of drug-likeness (QED) is 0.795. The van der Waals surface area contributed by atoms with Crippen molar-refractivity contribution in [2.75, 3.05) is 19.5 Å². The summed E-state index contributed by atoms with van der Waals surface area (Å²) >= 11 is 0. The molecule has 0 atom stereocenters. The molecule has 2 aromatic carbocycles. The number of ether oxygens (including phenoxy) is 2. The zero-order valence-electron chi connectivity index (χ0n) is 12.9. The van der Waals surface area contributed by atoms with Gasteiger partial charge < -0.3 is 14.6 Å². The molecule has 2 N–H and O–H groups in total. The monoisotopic (exact) mass is 319 g/mol. The molecule has 5 nitrogen and oxygen atoms in total. The van der Waals surface area contributed by atoms with Gasteiger partial charge in [-0.05, 0) is 17.7 Å². The molecule has 0 radical (unpaired) electrons. The van der Waals surface area contributed by atoms with E-state index in [-0.39, 0.29) is 23.2 Å². The van der Waals surface area contributed by atoms with Crippen LogP contribution in [0.15, 0.2) is 42.5 Å². The zero-order chi connectivity index (χ0) is 16.8. The molecule has 0 aliphatic heterocycles. The third-order valence-corrected chi connectivity index (χ3v) is 3.42. The van der Waals surface area contributed by atoms with Crippen molar-refractivity contribution in [1.29, 1.82) is 0 Å². The molecule has 0 unspecified atom stereocenters. The van der Waals surface area contributed by atoms with Gasteiger partial charge in [0.15, 0.2) is 6.29 Å². The van der Waals surface area contributed by atoms with E-state index in [1.165, 1.54) is 26.4 Å². The highest BCUT2D eigenvalue weighted by Crippen LogP contribution is 2.30. The van der Waals surface area contributed by atoms with Gasteiger partial charge in [0.1, 0.15) is 5.82 Å². The molecule has 0 fully saturated rings. The number of nitrogens with one attached hydrogen (secondary N) is 1. The third-order valence-electron chi connectivity index (χ3n) is 3.42. The highest BCUT2D eigenvalue weighted by molar-refractivity contribution is 5.84. The van der Waals surface area contributed by atoms with Gasteiger partial charge in [0.25, 0.3) is 0 Å². The summed E-state index contributed by atoms with van der Waals surface area (Å²) in [6, 6.07) is 12.2. The van der Waals surface area contributed by atoms with Crippen LogP contribution >= 0.6 is 0 Å². The van der Waals surface area contributed by atoms with Gasteiger partial charge >= 0.3 is 6.09 Å². The van der Waals surface area contributed by atoms with E-state index in [1.54, 1.807) is 0 Å². The summed E-state index contributed by atoms with van der Waals surface area (Å²) in [5, 5.41) is 11.2. The lowest BCUT2D eigenvalue weighted by atomic mass is 9.99. The molecule has 2 aromatic rings. The van der Waals surface area contributed by atoms with E-state index in [2.05, 4.69) is 5.32 Å². The topological polar surface area (TPSA) is 67.8 Å². The predicted octanol–water partition coefficient (Wildman–Crippen LogP) is 3.80. The van der Waals surface area contributed by atoms with Gasteiger partial charge in [0.2, 0.25) is 0 Å². The van der Waals surface area contributed by atoms with E-state index in [9.17, 15) is 9.18 Å². The molecule has 0 heterocycles. The first kappa shape index (κ1) is 16.9. The van der Waals surface area contributed by atoms with Crippen molar-refractivity contribution in [3.05, 3.63) is 65.0 Å². The van der Waals surface area contributed by atoms with Crippen molar-refractivity contribution in [3.63, 3.8) is 0 Å². The Bertz CT molecular complexity index is 672. The fraction of sp³-hybridized carbons (Fsp3) is 0.235. The van der Waals surface area contributed by atoms with Crippen molar-refractivity contribution >= 4 is 11.8 Å². The minimum atomic E-state index is -1.25. The Morgan fingerprint density at radius 1 is 1.17 bits per heavy atom. The number of hydrogen-bond donors (Lipinski definition) is 2. The lowest BCUT2D eigenvalue weighted by Gasteiger charge is -2.18. The van der Waals surface area contributed by atoms with E-state index < -0.39 is 18.2 Å². The highest BCUT2D eigenvalue weighted by Gasteiger charge is 2.21. The Hall–Kier alpha value is -2.44. The van der Waals surface area contributed by atoms with Crippen molar-refractivity contribution in [2.45, 2.75) is 12.7 Å². The molecule has 2 rings (SSSR count). The second kappa shape index (κ2) is 7.71. The first-order chi connectivity index (χ1) is 11.1. The van der Waals surface area contributed by atoms with Gasteiger partial charge in [-0.1, -0.05) is 30.3 Å². The number of benzene rings is 2. The summed E-state index contributed by atoms with van der Waals surface area (Å²) in [6.45, 7) is 0. The minimum Gasteiger partial charge on any atom is -0.465 e. The number of methoxy groups -OCH3 is 2. The van der Waals surface area contributed by atoms with Gasteiger partial charge in [-0.3, -0.25) is 5.32 Å². The van der Waals surface area contributed by atoms with E-state index in [0.29, 0.717) is 0 Å². The van der Waals surface area contributed by atoms with E-state index in [0.717, 1.165) is 5.56 Å². The summed E-state index contributed by atoms with van der Waals surface area (Å²) in [7, 11) is 2.82. The molecule has 23 heavy (non-hydrogen) atoms. The maximum Gasteiger partial charge on any atom is 0.409 e. The molecule has 0 aliphatic rings. The summed E-state index contributed by atoms with van der Waals surface area (Å²) in [4.78, 5) is 10.9. The van der Waals surface area contributed by atoms with E-state index in [1.807, 2.05) is 30.3 Å². The summed E-state index contributed by atoms with van der Waals surface area (Å²) in [5.74, 6) is -0.547. The van der Waals surface area contributed by atoms with Gasteiger partial charge in [-0.2, -0.15) is 0 Å². The van der Waals surface area contributed by atoms with Crippen LogP contribution in [0.25, 0.3) is 0 Å². The molecule has 0 saturated heterocycles. The Kier molecular flexibility index (Phi) is 5.67. The molecule has 6 heteroatoms. The van der Waals surface area contributed by atoms with Crippen LogP contribution in [0.4, 0.5) is 14.9 Å². The first-order valence-electron chi connectivity index (χ1n) is 6.97. The average molecular weight is 319 g/mol. The lowest BCUT2D eigenvalue weighted by Crippen LogP contribution is -2.14. The van der Waals surface area contributed by atoms with Crippen LogP contribution in [0.1, 0.15) is 23.0 Å². The van der Waals surface area contributed by atoms with E-state index >= 15 is 0 Å². The molecule has 0 aromatic heterocycles. The Balaban J connectivity index is 2.49. The minimum absolute atomic E-state index is 0.202. The van der Waals surface area contributed by atoms with Crippen LogP contribution in [-0.2, 0) is 15.9 Å². The normalized spacial score (nSPS) is 10.8. The second-order valence-corrected chi connectivity index (χ2v) is 4.89. The molecular formula is C17H18FNO4. The fourth-order valence-corrected chi connectivity index (χ4v) is 2.38. The standard InChI is InChI=1S/C17H18FNO4/c1-22-16(23-2)12-8-9-14(19-17(20)21)13(15(12)18)10-11-6-4-3-5-7-11/h3-9,16,19H,10H2,1-2H3,(H,20,21). The van der Waals surface area contributed by atoms with Crippen LogP contribution in [-0.4, -0.2) is 25.4 Å². The van der Waals surface area contributed by atoms with Crippen LogP contribution in [0, 0.1) is 5.82 Å². The molecule has 122 valence electrons. The van der Waals surface area contributed by atoms with Gasteiger partial charge in [0, 0.05) is 31.8 Å². The fourth-order valence-electron chi connectivity index (χ4n) is 2.38. The van der Waals surface area contributed by atoms with Gasteiger partial charge in [0.05, 0.1) is 5.69 Å². The molecular weight excluding hydrogens is 301 g/mol. The van der Waals surface area contributed by atoms with Gasteiger partial charge in [-0.25, -0.2) is 9.18 Å². The van der Waals surface area contributed by atoms with Crippen molar-refractivity contribution in [3.8, 4) is 0 Å². The number of hydrogen-bond acceptors (Lipinski definition) is 3. The maximum absolute atomic E-state index is 14.9. The number of amides is 1. The zero-order valence-corrected chi connectivity index (χ0v) is 12.9. The van der Waals surface area contributed by atoms with Crippen molar-refractivity contribution in [1.82, 2.24) is 0 Å². The molecule has 1 amide bonds. The van der Waals surface area contributed by atoms with Crippen LogP contribution in [0.5, 0.6) is 0 Å². The SMILES string of the molecule is COC(OC)c1ccc(NC(=O)O)c(Cc2ccccc2)c1F. The molecule has 0 aliphatic carbocycles. The number of carbonyl (C=O) groups is 1. The number of anilines is 1. The predicted molar refractivity (Wildman–Crippen MR) is 84.1 cm³/mol. The Labute approximate surface area is 133 Å². The first-order valence-corrected chi connectivity index (χ1v) is 6.97. The number of rotatable bonds is 6. The Morgan fingerprint density at radius 2 is 1.83 bits per heavy atom. The van der Waals surface area contributed by atoms with Crippen LogP contribution in [0.3, 0.4) is 0 Å². The summed E-state index contributed by atoms with van der Waals surface area (Å²) in [6.07, 6.45) is -1.86. The lowest BCUT2D eigenvalue weighted by molar-refractivity contribution is -0.107. The average Bonchev–Trinajstić information content (AvgIpc) is 2.54. The number of halogens is 1. The molecule has 0 spiro atoms. The van der Waals surface area contributed by atoms with Crippen molar-refractivity contribution < 1.29 is 23.8 Å². The van der Waals surface area contributed by atoms with Gasteiger partial charge in [-0.15, -0.1) is 0 Å². The summed E-state index contributed by atoms with van der Waals surface area (Å²) in [5.41, 5.74) is 1.53.